The number of hydrogen-bond donors (Lipinski definition) is 1. The Morgan fingerprint density at radius 1 is 1.04 bits per heavy atom. The first-order valence-corrected chi connectivity index (χ1v) is 8.84. The number of aromatic nitrogens is 4. The lowest BCUT2D eigenvalue weighted by Gasteiger charge is -2.11. The maximum absolute atomic E-state index is 6.24. The minimum Gasteiger partial charge on any atom is -0.497 e. The maximum Gasteiger partial charge on any atom is 0.254 e. The van der Waals surface area contributed by atoms with Crippen molar-refractivity contribution in [1.29, 1.82) is 0 Å². The third-order valence-corrected chi connectivity index (χ3v) is 4.73. The van der Waals surface area contributed by atoms with Crippen LogP contribution in [0.25, 0.3) is 17.2 Å². The molecule has 2 aromatic heterocycles. The van der Waals surface area contributed by atoms with Gasteiger partial charge >= 0.3 is 0 Å². The molecule has 0 fully saturated rings. The molecule has 0 atom stereocenters. The number of nitrogens with one attached hydrogen (secondary N) is 1. The number of halogens is 1. The fourth-order valence-electron chi connectivity index (χ4n) is 2.82. The zero-order chi connectivity index (χ0) is 19.0. The van der Waals surface area contributed by atoms with Gasteiger partial charge in [0, 0.05) is 28.0 Å². The molecule has 2 heterocycles. The molecule has 4 aromatic rings. The second-order valence-electron chi connectivity index (χ2n) is 6.20. The highest BCUT2D eigenvalue weighted by molar-refractivity contribution is 6.31. The van der Waals surface area contributed by atoms with Crippen molar-refractivity contribution in [2.24, 2.45) is 0 Å². The number of hydrogen-bond acceptors (Lipinski definition) is 5. The second kappa shape index (κ2) is 6.89. The average Bonchev–Trinajstić information content (AvgIpc) is 3.09. The van der Waals surface area contributed by atoms with E-state index >= 15 is 0 Å². The zero-order valence-corrected chi connectivity index (χ0v) is 15.9. The van der Waals surface area contributed by atoms with Crippen LogP contribution in [0.2, 0.25) is 5.02 Å². The van der Waals surface area contributed by atoms with Gasteiger partial charge in [-0.25, -0.2) is 4.98 Å². The number of fused-ring (bicyclic) bond motifs is 1. The molecule has 0 spiro atoms. The van der Waals surface area contributed by atoms with Gasteiger partial charge in [-0.3, -0.25) is 0 Å². The predicted octanol–water partition coefficient (Wildman–Crippen LogP) is 4.81. The molecule has 4 rings (SSSR count). The molecule has 136 valence electrons. The number of ether oxygens (including phenoxy) is 1. The summed E-state index contributed by atoms with van der Waals surface area (Å²) in [5, 5.41) is 8.74. The molecule has 0 aliphatic rings. The van der Waals surface area contributed by atoms with Gasteiger partial charge in [-0.1, -0.05) is 17.7 Å². The summed E-state index contributed by atoms with van der Waals surface area (Å²) >= 11 is 6.24. The van der Waals surface area contributed by atoms with Crippen LogP contribution in [-0.4, -0.2) is 26.7 Å². The van der Waals surface area contributed by atoms with Crippen molar-refractivity contribution < 1.29 is 4.74 Å². The zero-order valence-electron chi connectivity index (χ0n) is 15.2. The van der Waals surface area contributed by atoms with Crippen LogP contribution in [0.3, 0.4) is 0 Å². The molecule has 0 bridgehead atoms. The number of benzene rings is 2. The highest BCUT2D eigenvalue weighted by Gasteiger charge is 2.13. The molecule has 0 saturated carbocycles. The van der Waals surface area contributed by atoms with Crippen LogP contribution < -0.4 is 10.1 Å². The van der Waals surface area contributed by atoms with E-state index in [1.54, 1.807) is 11.6 Å². The van der Waals surface area contributed by atoms with Crippen LogP contribution in [0.5, 0.6) is 5.75 Å². The van der Waals surface area contributed by atoms with Crippen molar-refractivity contribution in [2.45, 2.75) is 13.8 Å². The smallest absolute Gasteiger partial charge is 0.254 e. The SMILES string of the molecule is COc1ccc(-c2nc3nc(C)cc(Nc4cccc(Cl)c4C)n3n2)cc1. The predicted molar refractivity (Wildman–Crippen MR) is 107 cm³/mol. The number of anilines is 2. The molecule has 1 N–H and O–H groups in total. The maximum atomic E-state index is 6.24. The average molecular weight is 380 g/mol. The van der Waals surface area contributed by atoms with Gasteiger partial charge in [0.2, 0.25) is 0 Å². The van der Waals surface area contributed by atoms with Gasteiger partial charge < -0.3 is 10.1 Å². The lowest BCUT2D eigenvalue weighted by molar-refractivity contribution is 0.415. The summed E-state index contributed by atoms with van der Waals surface area (Å²) in [4.78, 5) is 9.07. The summed E-state index contributed by atoms with van der Waals surface area (Å²) in [5.41, 5.74) is 3.62. The standard InChI is InChI=1S/C20H18ClN5O/c1-12-11-18(23-17-6-4-5-16(21)13(17)2)26-20(22-12)24-19(25-26)14-7-9-15(27-3)10-8-14/h4-11,23H,1-3H3. The molecular weight excluding hydrogens is 362 g/mol. The van der Waals surface area contributed by atoms with Crippen molar-refractivity contribution in [3.05, 3.63) is 64.8 Å². The van der Waals surface area contributed by atoms with E-state index in [4.69, 9.17) is 16.3 Å². The minimum absolute atomic E-state index is 0.531. The van der Waals surface area contributed by atoms with Crippen LogP contribution in [0.1, 0.15) is 11.3 Å². The van der Waals surface area contributed by atoms with E-state index in [1.165, 1.54) is 0 Å². The number of rotatable bonds is 4. The molecular formula is C20H18ClN5O. The molecule has 0 radical (unpaired) electrons. The summed E-state index contributed by atoms with van der Waals surface area (Å²) in [6.07, 6.45) is 0. The van der Waals surface area contributed by atoms with Gasteiger partial charge in [-0.05, 0) is 55.8 Å². The van der Waals surface area contributed by atoms with Crippen molar-refractivity contribution >= 4 is 28.9 Å². The van der Waals surface area contributed by atoms with Crippen LogP contribution in [0.15, 0.2) is 48.5 Å². The molecule has 0 amide bonds. The van der Waals surface area contributed by atoms with Gasteiger partial charge in [0.05, 0.1) is 7.11 Å². The Morgan fingerprint density at radius 3 is 2.56 bits per heavy atom. The molecule has 6 nitrogen and oxygen atoms in total. The summed E-state index contributed by atoms with van der Waals surface area (Å²) in [6, 6.07) is 15.3. The molecule has 0 aliphatic heterocycles. The van der Waals surface area contributed by atoms with Crippen LogP contribution in [-0.2, 0) is 0 Å². The summed E-state index contributed by atoms with van der Waals surface area (Å²) in [7, 11) is 1.64. The first-order valence-electron chi connectivity index (χ1n) is 8.46. The topological polar surface area (TPSA) is 64.3 Å². The van der Waals surface area contributed by atoms with Gasteiger partial charge in [0.1, 0.15) is 11.6 Å². The Hall–Kier alpha value is -3.12. The van der Waals surface area contributed by atoms with Gasteiger partial charge in [-0.2, -0.15) is 9.50 Å². The van der Waals surface area contributed by atoms with Crippen LogP contribution in [0.4, 0.5) is 11.5 Å². The van der Waals surface area contributed by atoms with E-state index < -0.39 is 0 Å². The lowest BCUT2D eigenvalue weighted by Crippen LogP contribution is -2.03. The van der Waals surface area contributed by atoms with Crippen LogP contribution in [0, 0.1) is 13.8 Å². The molecule has 27 heavy (non-hydrogen) atoms. The second-order valence-corrected chi connectivity index (χ2v) is 6.60. The number of nitrogens with zero attached hydrogens (tertiary/aromatic N) is 4. The van der Waals surface area contributed by atoms with E-state index in [0.29, 0.717) is 16.6 Å². The number of aryl methyl sites for hydroxylation is 1. The Labute approximate surface area is 161 Å². The summed E-state index contributed by atoms with van der Waals surface area (Å²) in [6.45, 7) is 3.90. The highest BCUT2D eigenvalue weighted by atomic mass is 35.5. The molecule has 0 unspecified atom stereocenters. The minimum atomic E-state index is 0.531. The molecule has 0 saturated heterocycles. The van der Waals surface area contributed by atoms with E-state index in [0.717, 1.165) is 34.1 Å². The monoisotopic (exact) mass is 379 g/mol. The summed E-state index contributed by atoms with van der Waals surface area (Å²) in [5.74, 6) is 2.69. The van der Waals surface area contributed by atoms with E-state index in [9.17, 15) is 0 Å². The third kappa shape index (κ3) is 3.31. The first-order chi connectivity index (χ1) is 13.0. The molecule has 2 aromatic carbocycles. The largest absolute Gasteiger partial charge is 0.497 e. The Morgan fingerprint density at radius 2 is 1.81 bits per heavy atom. The molecule has 0 aliphatic carbocycles. The lowest BCUT2D eigenvalue weighted by atomic mass is 10.2. The highest BCUT2D eigenvalue weighted by Crippen LogP contribution is 2.27. The van der Waals surface area contributed by atoms with Gasteiger partial charge in [-0.15, -0.1) is 5.10 Å². The first kappa shape index (κ1) is 17.3. The van der Waals surface area contributed by atoms with Crippen molar-refractivity contribution in [2.75, 3.05) is 12.4 Å². The van der Waals surface area contributed by atoms with E-state index in [1.807, 2.05) is 62.4 Å². The third-order valence-electron chi connectivity index (χ3n) is 4.32. The Kier molecular flexibility index (Phi) is 4.41. The van der Waals surface area contributed by atoms with Crippen LogP contribution >= 0.6 is 11.6 Å². The Bertz CT molecular complexity index is 1120. The van der Waals surface area contributed by atoms with Crippen molar-refractivity contribution in [3.8, 4) is 17.1 Å². The van der Waals surface area contributed by atoms with E-state index in [2.05, 4.69) is 20.4 Å². The van der Waals surface area contributed by atoms with Crippen molar-refractivity contribution in [3.63, 3.8) is 0 Å². The van der Waals surface area contributed by atoms with Gasteiger partial charge in [0.15, 0.2) is 5.82 Å². The van der Waals surface area contributed by atoms with E-state index in [-0.39, 0.29) is 0 Å². The van der Waals surface area contributed by atoms with Crippen molar-refractivity contribution in [1.82, 2.24) is 19.6 Å². The quantitative estimate of drug-likeness (QED) is 0.551. The summed E-state index contributed by atoms with van der Waals surface area (Å²) < 4.78 is 6.91. The number of methoxy groups -OCH3 is 1. The van der Waals surface area contributed by atoms with Gasteiger partial charge in [0.25, 0.3) is 5.78 Å². The normalized spacial score (nSPS) is 11.0. The fourth-order valence-corrected chi connectivity index (χ4v) is 2.99. The Balaban J connectivity index is 1.79. The molecule has 7 heteroatoms. The fraction of sp³-hybridized carbons (Fsp3) is 0.150.